The van der Waals surface area contributed by atoms with Crippen molar-refractivity contribution in [1.82, 2.24) is 14.6 Å². The molecule has 1 atom stereocenters. The quantitative estimate of drug-likeness (QED) is 0.789. The fourth-order valence-electron chi connectivity index (χ4n) is 2.88. The molecule has 0 radical (unpaired) electrons. The van der Waals surface area contributed by atoms with Crippen LogP contribution in [0.2, 0.25) is 0 Å². The predicted octanol–water partition coefficient (Wildman–Crippen LogP) is 2.93. The van der Waals surface area contributed by atoms with E-state index in [0.29, 0.717) is 23.6 Å². The van der Waals surface area contributed by atoms with Gasteiger partial charge in [-0.25, -0.2) is 18.3 Å². The van der Waals surface area contributed by atoms with Gasteiger partial charge >= 0.3 is 0 Å². The molecule has 23 heavy (non-hydrogen) atoms. The monoisotopic (exact) mass is 317 g/mol. The molecule has 3 heterocycles. The van der Waals surface area contributed by atoms with Gasteiger partial charge in [0.25, 0.3) is 0 Å². The van der Waals surface area contributed by atoms with E-state index in [-0.39, 0.29) is 12.0 Å². The molecule has 1 saturated heterocycles. The number of nitrogens with zero attached hydrogens (tertiary/aromatic N) is 4. The third kappa shape index (κ3) is 2.28. The number of hydrogen-bond donors (Lipinski definition) is 1. The Bertz CT molecular complexity index is 959. The minimum Gasteiger partial charge on any atom is -0.394 e. The van der Waals surface area contributed by atoms with Crippen molar-refractivity contribution in [2.24, 2.45) is 0 Å². The molecular weight excluding hydrogens is 300 g/mol. The van der Waals surface area contributed by atoms with Crippen molar-refractivity contribution in [3.63, 3.8) is 0 Å². The molecule has 1 aliphatic rings. The highest BCUT2D eigenvalue weighted by Gasteiger charge is 2.29. The maximum absolute atomic E-state index is 14.3. The van der Waals surface area contributed by atoms with Gasteiger partial charge in [-0.05, 0) is 37.1 Å². The van der Waals surface area contributed by atoms with Gasteiger partial charge in [0.05, 0.1) is 17.9 Å². The van der Waals surface area contributed by atoms with Crippen molar-refractivity contribution >= 4 is 17.2 Å². The summed E-state index contributed by atoms with van der Waals surface area (Å²) in [6, 6.07) is 4.14. The summed E-state index contributed by atoms with van der Waals surface area (Å²) < 4.78 is 45.9. The molecule has 1 fully saturated rings. The molecule has 4 rings (SSSR count). The summed E-state index contributed by atoms with van der Waals surface area (Å²) in [6.45, 7) is -1.75. The second-order valence-corrected chi connectivity index (χ2v) is 5.40. The van der Waals surface area contributed by atoms with Crippen molar-refractivity contribution in [2.75, 3.05) is 17.1 Å². The van der Waals surface area contributed by atoms with E-state index in [1.54, 1.807) is 12.3 Å². The number of hydrogen-bond acceptors (Lipinski definition) is 4. The molecule has 0 spiro atoms. The third-order valence-electron chi connectivity index (χ3n) is 3.96. The van der Waals surface area contributed by atoms with Gasteiger partial charge in [-0.3, -0.25) is 0 Å². The fraction of sp³-hybridized carbons (Fsp3) is 0.250. The Balaban J connectivity index is 1.85. The molecule has 2 N–H and O–H groups in total. The molecular formula is C16H15F2N5. The van der Waals surface area contributed by atoms with Gasteiger partial charge in [-0.2, -0.15) is 5.10 Å². The minimum atomic E-state index is -1.75. The Morgan fingerprint density at radius 3 is 3.04 bits per heavy atom. The summed E-state index contributed by atoms with van der Waals surface area (Å²) in [6.07, 6.45) is 3.58. The number of aromatic nitrogens is 3. The first kappa shape index (κ1) is 11.8. The van der Waals surface area contributed by atoms with Crippen LogP contribution in [-0.4, -0.2) is 21.1 Å². The number of nitrogen functional groups attached to an aromatic ring is 1. The molecule has 0 saturated carbocycles. The van der Waals surface area contributed by atoms with Crippen LogP contribution in [0.4, 0.5) is 20.3 Å². The van der Waals surface area contributed by atoms with Gasteiger partial charge < -0.3 is 10.6 Å². The highest BCUT2D eigenvalue weighted by atomic mass is 19.1. The van der Waals surface area contributed by atoms with Gasteiger partial charge in [-0.15, -0.1) is 0 Å². The van der Waals surface area contributed by atoms with Crippen molar-refractivity contribution in [3.8, 4) is 0 Å². The van der Waals surface area contributed by atoms with Crippen LogP contribution in [0.3, 0.4) is 0 Å². The van der Waals surface area contributed by atoms with Crippen LogP contribution in [-0.2, 0) is 0 Å². The SMILES string of the molecule is [2H]C1([2H])CCC(c2cc(F)ccc2F)N1c1ccn2ncc(N)c2n1. The van der Waals surface area contributed by atoms with Crippen LogP contribution in [0.5, 0.6) is 0 Å². The molecule has 3 aromatic rings. The van der Waals surface area contributed by atoms with Crippen molar-refractivity contribution < 1.29 is 11.5 Å². The van der Waals surface area contributed by atoms with Crippen molar-refractivity contribution in [2.45, 2.75) is 18.9 Å². The third-order valence-corrected chi connectivity index (χ3v) is 3.96. The first-order valence-electron chi connectivity index (χ1n) is 8.21. The number of benzene rings is 1. The van der Waals surface area contributed by atoms with Crippen molar-refractivity contribution in [3.05, 3.63) is 53.9 Å². The average molecular weight is 317 g/mol. The lowest BCUT2D eigenvalue weighted by molar-refractivity contribution is 0.560. The van der Waals surface area contributed by atoms with Gasteiger partial charge in [0.15, 0.2) is 5.65 Å². The van der Waals surface area contributed by atoms with Crippen LogP contribution < -0.4 is 10.6 Å². The summed E-state index contributed by atoms with van der Waals surface area (Å²) in [5.41, 5.74) is 6.69. The molecule has 1 aromatic carbocycles. The molecule has 118 valence electrons. The lowest BCUT2D eigenvalue weighted by Gasteiger charge is -2.26. The fourth-order valence-corrected chi connectivity index (χ4v) is 2.88. The van der Waals surface area contributed by atoms with E-state index in [1.165, 1.54) is 15.6 Å². The highest BCUT2D eigenvalue weighted by Crippen LogP contribution is 2.36. The second-order valence-electron chi connectivity index (χ2n) is 5.40. The van der Waals surface area contributed by atoms with Gasteiger partial charge in [0.1, 0.15) is 17.5 Å². The van der Waals surface area contributed by atoms with Crippen LogP contribution in [0.1, 0.15) is 27.2 Å². The highest BCUT2D eigenvalue weighted by molar-refractivity contribution is 5.65. The second kappa shape index (κ2) is 5.19. The zero-order valence-corrected chi connectivity index (χ0v) is 12.1. The number of halogens is 2. The van der Waals surface area contributed by atoms with E-state index in [4.69, 9.17) is 8.48 Å². The first-order chi connectivity index (χ1) is 11.9. The maximum Gasteiger partial charge on any atom is 0.180 e. The van der Waals surface area contributed by atoms with Crippen LogP contribution in [0.15, 0.2) is 36.7 Å². The van der Waals surface area contributed by atoms with E-state index in [0.717, 1.165) is 18.2 Å². The molecule has 5 nitrogen and oxygen atoms in total. The summed E-state index contributed by atoms with van der Waals surface area (Å²) in [4.78, 5) is 5.77. The minimum absolute atomic E-state index is 0.115. The molecule has 1 unspecified atom stereocenters. The topological polar surface area (TPSA) is 59.5 Å². The van der Waals surface area contributed by atoms with Gasteiger partial charge in [0.2, 0.25) is 0 Å². The first-order valence-corrected chi connectivity index (χ1v) is 7.21. The summed E-state index contributed by atoms with van der Waals surface area (Å²) in [5.74, 6) is -0.831. The lowest BCUT2D eigenvalue weighted by atomic mass is 10.0. The zero-order valence-electron chi connectivity index (χ0n) is 14.1. The van der Waals surface area contributed by atoms with Crippen LogP contribution >= 0.6 is 0 Å². The number of rotatable bonds is 2. The Morgan fingerprint density at radius 2 is 2.17 bits per heavy atom. The smallest absolute Gasteiger partial charge is 0.180 e. The van der Waals surface area contributed by atoms with Crippen LogP contribution in [0.25, 0.3) is 5.65 Å². The van der Waals surface area contributed by atoms with Gasteiger partial charge in [-0.1, -0.05) is 0 Å². The number of anilines is 2. The van der Waals surface area contributed by atoms with Crippen LogP contribution in [0, 0.1) is 11.6 Å². The lowest BCUT2D eigenvalue weighted by Crippen LogP contribution is -2.24. The molecule has 0 amide bonds. The Kier molecular flexibility index (Phi) is 2.66. The standard InChI is InChI=1S/C16H15F2N5/c17-10-3-4-12(18)11(8-10)14-2-1-6-22(14)15-5-7-23-16(21-15)13(19)9-20-23/h3-5,7-9,14H,1-2,6,19H2/i6D2. The van der Waals surface area contributed by atoms with E-state index < -0.39 is 24.2 Å². The Hall–Kier alpha value is -2.70. The predicted molar refractivity (Wildman–Crippen MR) is 83.1 cm³/mol. The number of fused-ring (bicyclic) bond motifs is 1. The largest absolute Gasteiger partial charge is 0.394 e. The average Bonchev–Trinajstić information content (AvgIpc) is 3.09. The van der Waals surface area contributed by atoms with E-state index in [1.807, 2.05) is 0 Å². The van der Waals surface area contributed by atoms with Gasteiger partial charge in [0, 0.05) is 21.0 Å². The molecule has 2 aromatic heterocycles. The van der Waals surface area contributed by atoms with E-state index in [9.17, 15) is 8.78 Å². The maximum atomic E-state index is 14.3. The van der Waals surface area contributed by atoms with E-state index >= 15 is 0 Å². The molecule has 1 aliphatic heterocycles. The van der Waals surface area contributed by atoms with Crippen molar-refractivity contribution in [1.29, 1.82) is 0 Å². The summed E-state index contributed by atoms with van der Waals surface area (Å²) in [7, 11) is 0. The van der Waals surface area contributed by atoms with E-state index in [2.05, 4.69) is 10.1 Å². The summed E-state index contributed by atoms with van der Waals surface area (Å²) in [5, 5.41) is 4.03. The molecule has 0 aliphatic carbocycles. The number of nitrogens with two attached hydrogens (primary N) is 1. The molecule has 7 heteroatoms. The Labute approximate surface area is 134 Å². The Morgan fingerprint density at radius 1 is 1.30 bits per heavy atom. The molecule has 0 bridgehead atoms. The zero-order chi connectivity index (χ0) is 17.8. The normalized spacial score (nSPS) is 21.5. The summed E-state index contributed by atoms with van der Waals surface area (Å²) >= 11 is 0.